The van der Waals surface area contributed by atoms with E-state index in [0.29, 0.717) is 25.4 Å². The van der Waals surface area contributed by atoms with Gasteiger partial charge in [0.15, 0.2) is 0 Å². The van der Waals surface area contributed by atoms with Crippen molar-refractivity contribution >= 4 is 12.1 Å². The van der Waals surface area contributed by atoms with E-state index in [4.69, 9.17) is 5.11 Å². The molecule has 0 saturated carbocycles. The topological polar surface area (TPSA) is 66.8 Å². The molecule has 1 saturated heterocycles. The van der Waals surface area contributed by atoms with Gasteiger partial charge in [0.2, 0.25) is 0 Å². The fraction of sp³-hybridized carbons (Fsp3) is 0.800. The first-order valence-corrected chi connectivity index (χ1v) is 5.18. The molecule has 86 valence electrons. The predicted molar refractivity (Wildman–Crippen MR) is 53.6 cm³/mol. The van der Waals surface area contributed by atoms with E-state index in [-0.39, 0.29) is 5.97 Å². The number of rotatable bonds is 3. The van der Waals surface area contributed by atoms with Crippen LogP contribution in [0.25, 0.3) is 0 Å². The van der Waals surface area contributed by atoms with Gasteiger partial charge in [-0.15, -0.1) is 0 Å². The Bertz CT molecular complexity index is 242. The number of hydrogen-bond acceptors (Lipinski definition) is 3. The molecule has 0 radical (unpaired) electrons. The number of carbonyl (C=O) groups is 2. The fourth-order valence-electron chi connectivity index (χ4n) is 1.90. The van der Waals surface area contributed by atoms with Crippen molar-refractivity contribution in [2.24, 2.45) is 5.92 Å². The number of ether oxygens (including phenoxy) is 1. The molecule has 5 heteroatoms. The van der Waals surface area contributed by atoms with Gasteiger partial charge in [-0.05, 0) is 25.2 Å². The molecule has 1 rings (SSSR count). The molecule has 0 aliphatic carbocycles. The number of nitrogens with zero attached hydrogens (tertiary/aromatic N) is 1. The quantitative estimate of drug-likeness (QED) is 0.721. The van der Waals surface area contributed by atoms with Gasteiger partial charge in [0.1, 0.15) is 0 Å². The monoisotopic (exact) mass is 215 g/mol. The smallest absolute Gasteiger partial charge is 0.407 e. The summed E-state index contributed by atoms with van der Waals surface area (Å²) in [5, 5.41) is 8.81. The van der Waals surface area contributed by atoms with E-state index in [2.05, 4.69) is 4.74 Å². The minimum Gasteiger partial charge on any atom is -0.469 e. The van der Waals surface area contributed by atoms with Gasteiger partial charge in [-0.3, -0.25) is 4.79 Å². The summed E-state index contributed by atoms with van der Waals surface area (Å²) in [4.78, 5) is 23.1. The van der Waals surface area contributed by atoms with Gasteiger partial charge in [0.05, 0.1) is 7.11 Å². The highest BCUT2D eigenvalue weighted by molar-refractivity contribution is 5.69. The molecule has 1 aliphatic rings. The Morgan fingerprint density at radius 3 is 2.87 bits per heavy atom. The SMILES string of the molecule is COC(=O)CC[C@H]1CCCN(C(=O)O)C1. The summed E-state index contributed by atoms with van der Waals surface area (Å²) in [6.07, 6.45) is 2.13. The van der Waals surface area contributed by atoms with Crippen molar-refractivity contribution in [1.29, 1.82) is 0 Å². The molecule has 0 unspecified atom stereocenters. The number of piperidine rings is 1. The van der Waals surface area contributed by atoms with E-state index in [9.17, 15) is 9.59 Å². The minimum absolute atomic E-state index is 0.220. The number of hydrogen-bond donors (Lipinski definition) is 1. The average Bonchev–Trinajstić information content (AvgIpc) is 2.26. The van der Waals surface area contributed by atoms with Gasteiger partial charge in [0, 0.05) is 19.5 Å². The van der Waals surface area contributed by atoms with Crippen molar-refractivity contribution in [3.63, 3.8) is 0 Å². The average molecular weight is 215 g/mol. The lowest BCUT2D eigenvalue weighted by Crippen LogP contribution is -2.39. The first-order valence-electron chi connectivity index (χ1n) is 5.18. The molecular weight excluding hydrogens is 198 g/mol. The largest absolute Gasteiger partial charge is 0.469 e. The zero-order chi connectivity index (χ0) is 11.3. The second-order valence-corrected chi connectivity index (χ2v) is 3.85. The molecule has 5 nitrogen and oxygen atoms in total. The molecule has 0 bridgehead atoms. The van der Waals surface area contributed by atoms with Crippen LogP contribution in [0.15, 0.2) is 0 Å². The summed E-state index contributed by atoms with van der Waals surface area (Å²) in [5.74, 6) is 0.0800. The molecular formula is C10H17NO4. The Hall–Kier alpha value is -1.26. The van der Waals surface area contributed by atoms with Crippen molar-refractivity contribution < 1.29 is 19.4 Å². The Labute approximate surface area is 89.0 Å². The van der Waals surface area contributed by atoms with Gasteiger partial charge in [-0.2, -0.15) is 0 Å². The van der Waals surface area contributed by atoms with Crippen molar-refractivity contribution in [2.75, 3.05) is 20.2 Å². The molecule has 1 heterocycles. The van der Waals surface area contributed by atoms with Crippen LogP contribution in [-0.4, -0.2) is 42.3 Å². The predicted octanol–water partition coefficient (Wildman–Crippen LogP) is 1.33. The molecule has 0 spiro atoms. The van der Waals surface area contributed by atoms with E-state index in [0.717, 1.165) is 19.3 Å². The summed E-state index contributed by atoms with van der Waals surface area (Å²) < 4.78 is 4.55. The van der Waals surface area contributed by atoms with Crippen LogP contribution in [0.3, 0.4) is 0 Å². The van der Waals surface area contributed by atoms with Crippen molar-refractivity contribution in [2.45, 2.75) is 25.7 Å². The highest BCUT2D eigenvalue weighted by Crippen LogP contribution is 2.21. The van der Waals surface area contributed by atoms with Gasteiger partial charge < -0.3 is 14.7 Å². The number of esters is 1. The standard InChI is InChI=1S/C10H17NO4/c1-15-9(12)5-4-8-3-2-6-11(7-8)10(13)14/h8H,2-7H2,1H3,(H,13,14)/t8-/m1/s1. The Morgan fingerprint density at radius 1 is 1.53 bits per heavy atom. The molecule has 1 amide bonds. The minimum atomic E-state index is -0.863. The Morgan fingerprint density at radius 2 is 2.27 bits per heavy atom. The number of amides is 1. The van der Waals surface area contributed by atoms with E-state index < -0.39 is 6.09 Å². The van der Waals surface area contributed by atoms with Gasteiger partial charge in [-0.25, -0.2) is 4.79 Å². The summed E-state index contributed by atoms with van der Waals surface area (Å²) in [6.45, 7) is 1.16. The van der Waals surface area contributed by atoms with Crippen LogP contribution in [0.4, 0.5) is 4.79 Å². The third kappa shape index (κ3) is 3.77. The molecule has 1 aliphatic heterocycles. The molecule has 0 aromatic rings. The third-order valence-corrected chi connectivity index (χ3v) is 2.77. The Balaban J connectivity index is 2.30. The van der Waals surface area contributed by atoms with E-state index in [1.807, 2.05) is 0 Å². The maximum absolute atomic E-state index is 10.9. The third-order valence-electron chi connectivity index (χ3n) is 2.77. The van der Waals surface area contributed by atoms with Crippen LogP contribution in [0.2, 0.25) is 0 Å². The second-order valence-electron chi connectivity index (χ2n) is 3.85. The van der Waals surface area contributed by atoms with E-state index in [1.165, 1.54) is 12.0 Å². The van der Waals surface area contributed by atoms with Gasteiger partial charge in [-0.1, -0.05) is 0 Å². The summed E-state index contributed by atoms with van der Waals surface area (Å²) in [6, 6.07) is 0. The molecule has 1 fully saturated rings. The zero-order valence-electron chi connectivity index (χ0n) is 8.94. The van der Waals surface area contributed by atoms with Crippen LogP contribution in [-0.2, 0) is 9.53 Å². The highest BCUT2D eigenvalue weighted by atomic mass is 16.5. The number of carbonyl (C=O) groups excluding carboxylic acids is 1. The number of carboxylic acid groups (broad SMARTS) is 1. The van der Waals surface area contributed by atoms with E-state index >= 15 is 0 Å². The first kappa shape index (κ1) is 11.8. The zero-order valence-corrected chi connectivity index (χ0v) is 8.94. The number of likely N-dealkylation sites (tertiary alicyclic amines) is 1. The molecule has 1 atom stereocenters. The Kier molecular flexibility index (Phi) is 4.39. The first-order chi connectivity index (χ1) is 7.13. The van der Waals surface area contributed by atoms with Crippen LogP contribution in [0.5, 0.6) is 0 Å². The summed E-state index contributed by atoms with van der Waals surface area (Å²) in [5.41, 5.74) is 0. The maximum Gasteiger partial charge on any atom is 0.407 e. The van der Waals surface area contributed by atoms with Gasteiger partial charge in [0.25, 0.3) is 0 Å². The fourth-order valence-corrected chi connectivity index (χ4v) is 1.90. The summed E-state index contributed by atoms with van der Waals surface area (Å²) >= 11 is 0. The molecule has 15 heavy (non-hydrogen) atoms. The lowest BCUT2D eigenvalue weighted by atomic mass is 9.94. The lowest BCUT2D eigenvalue weighted by Gasteiger charge is -2.30. The maximum atomic E-state index is 10.9. The lowest BCUT2D eigenvalue weighted by molar-refractivity contribution is -0.141. The van der Waals surface area contributed by atoms with Crippen LogP contribution in [0.1, 0.15) is 25.7 Å². The molecule has 0 aromatic heterocycles. The van der Waals surface area contributed by atoms with Gasteiger partial charge >= 0.3 is 12.1 Å². The summed E-state index contributed by atoms with van der Waals surface area (Å²) in [7, 11) is 1.37. The second kappa shape index (κ2) is 5.58. The van der Waals surface area contributed by atoms with Crippen LogP contribution in [0, 0.1) is 5.92 Å². The van der Waals surface area contributed by atoms with E-state index in [1.54, 1.807) is 0 Å². The normalized spacial score (nSPS) is 21.1. The highest BCUT2D eigenvalue weighted by Gasteiger charge is 2.23. The molecule has 1 N–H and O–H groups in total. The molecule has 0 aromatic carbocycles. The van der Waals surface area contributed by atoms with Crippen molar-refractivity contribution in [3.8, 4) is 0 Å². The van der Waals surface area contributed by atoms with Crippen molar-refractivity contribution in [1.82, 2.24) is 4.90 Å². The van der Waals surface area contributed by atoms with Crippen molar-refractivity contribution in [3.05, 3.63) is 0 Å². The van der Waals surface area contributed by atoms with Crippen LogP contribution >= 0.6 is 0 Å². The number of methoxy groups -OCH3 is 1. The van der Waals surface area contributed by atoms with Crippen LogP contribution < -0.4 is 0 Å².